The fourth-order valence-corrected chi connectivity index (χ4v) is 6.52. The fraction of sp³-hybridized carbons (Fsp3) is 0.923. The van der Waals surface area contributed by atoms with Crippen LogP contribution in [0.5, 0.6) is 0 Å². The molecule has 0 aromatic carbocycles. The molecule has 1 unspecified atom stereocenters. The first-order valence-corrected chi connectivity index (χ1v) is 21.7. The highest BCUT2D eigenvalue weighted by Crippen LogP contribution is 2.43. The Balaban J connectivity index is 4.48. The first-order valence-electron chi connectivity index (χ1n) is 20.2. The maximum atomic E-state index is 12.8. The Morgan fingerprint density at radius 1 is 0.708 bits per heavy atom. The molecular formula is C39H79N2O6P. The highest BCUT2D eigenvalue weighted by molar-refractivity contribution is 7.47. The molecule has 0 aliphatic heterocycles. The van der Waals surface area contributed by atoms with Crippen LogP contribution in [0.1, 0.15) is 188 Å². The van der Waals surface area contributed by atoms with E-state index in [2.05, 4.69) is 19.2 Å². The van der Waals surface area contributed by atoms with E-state index < -0.39 is 20.0 Å². The average molecular weight is 703 g/mol. The van der Waals surface area contributed by atoms with Crippen LogP contribution >= 0.6 is 7.82 Å². The normalized spacial score (nSPS) is 14.5. The second kappa shape index (κ2) is 34.7. The Bertz CT molecular complexity index is 784. The number of likely N-dealkylation sites (N-methyl/N-ethyl adjacent to an activating group) is 1. The number of phosphoric ester groups is 1. The standard InChI is InChI=1S/C39H79N2O6P/c1-5-8-10-12-14-16-18-20-22-24-26-28-30-32-38(42)37(36-47-48(44,45)46-35-34-41(4)7-3)40-39(43)33-31-29-27-25-23-21-19-17-15-13-11-9-6-2/h30,32,37-38,42H,5-29,31,33-36H2,1-4H3,(H,40,43)(H,44,45)/b32-30+/t37-,38+/m0/s1. The number of amides is 1. The van der Waals surface area contributed by atoms with Crippen LogP contribution in [0.4, 0.5) is 0 Å². The number of hydrogen-bond donors (Lipinski definition) is 3. The topological polar surface area (TPSA) is 108 Å². The Labute approximate surface area is 297 Å². The van der Waals surface area contributed by atoms with Gasteiger partial charge in [0.2, 0.25) is 5.91 Å². The number of aliphatic hydroxyl groups is 1. The van der Waals surface area contributed by atoms with Gasteiger partial charge in [-0.2, -0.15) is 0 Å². The van der Waals surface area contributed by atoms with Gasteiger partial charge >= 0.3 is 7.82 Å². The number of rotatable bonds is 37. The molecule has 1 amide bonds. The summed E-state index contributed by atoms with van der Waals surface area (Å²) in [4.78, 5) is 24.9. The second-order valence-electron chi connectivity index (χ2n) is 13.9. The lowest BCUT2D eigenvalue weighted by molar-refractivity contribution is -0.123. The molecule has 9 heteroatoms. The Kier molecular flexibility index (Phi) is 34.1. The van der Waals surface area contributed by atoms with Crippen LogP contribution < -0.4 is 5.32 Å². The lowest BCUT2D eigenvalue weighted by Crippen LogP contribution is -2.45. The van der Waals surface area contributed by atoms with Crippen LogP contribution in [-0.2, 0) is 18.4 Å². The summed E-state index contributed by atoms with van der Waals surface area (Å²) in [5.41, 5.74) is 0. The molecule has 0 heterocycles. The number of nitrogens with one attached hydrogen (secondary N) is 1. The van der Waals surface area contributed by atoms with Gasteiger partial charge in [-0.15, -0.1) is 0 Å². The Hall–Kier alpha value is -0.760. The van der Waals surface area contributed by atoms with E-state index in [-0.39, 0.29) is 19.1 Å². The van der Waals surface area contributed by atoms with Gasteiger partial charge in [-0.05, 0) is 32.9 Å². The van der Waals surface area contributed by atoms with E-state index in [4.69, 9.17) is 9.05 Å². The van der Waals surface area contributed by atoms with E-state index in [0.717, 1.165) is 45.1 Å². The van der Waals surface area contributed by atoms with Gasteiger partial charge in [0, 0.05) is 13.0 Å². The summed E-state index contributed by atoms with van der Waals surface area (Å²) in [6.07, 6.45) is 34.1. The van der Waals surface area contributed by atoms with Crippen molar-refractivity contribution in [2.45, 2.75) is 200 Å². The molecule has 8 nitrogen and oxygen atoms in total. The van der Waals surface area contributed by atoms with Gasteiger partial charge in [-0.1, -0.05) is 174 Å². The molecule has 0 saturated carbocycles. The maximum absolute atomic E-state index is 12.8. The molecular weight excluding hydrogens is 623 g/mol. The molecule has 0 aliphatic rings. The quantitative estimate of drug-likeness (QED) is 0.0336. The summed E-state index contributed by atoms with van der Waals surface area (Å²) in [5.74, 6) is -0.178. The van der Waals surface area contributed by atoms with Crippen molar-refractivity contribution >= 4 is 13.7 Å². The predicted octanol–water partition coefficient (Wildman–Crippen LogP) is 10.7. The van der Waals surface area contributed by atoms with Crippen molar-refractivity contribution in [2.24, 2.45) is 0 Å². The zero-order valence-electron chi connectivity index (χ0n) is 31.9. The van der Waals surface area contributed by atoms with Crippen LogP contribution in [0.2, 0.25) is 0 Å². The van der Waals surface area contributed by atoms with E-state index in [1.54, 1.807) is 6.08 Å². The van der Waals surface area contributed by atoms with E-state index in [1.165, 1.54) is 122 Å². The van der Waals surface area contributed by atoms with Crippen molar-refractivity contribution in [3.63, 3.8) is 0 Å². The lowest BCUT2D eigenvalue weighted by Gasteiger charge is -2.23. The summed E-state index contributed by atoms with van der Waals surface area (Å²) < 4.78 is 22.8. The maximum Gasteiger partial charge on any atom is 0.472 e. The van der Waals surface area contributed by atoms with Crippen molar-refractivity contribution in [1.82, 2.24) is 10.2 Å². The smallest absolute Gasteiger partial charge is 0.387 e. The Morgan fingerprint density at radius 2 is 1.15 bits per heavy atom. The van der Waals surface area contributed by atoms with E-state index in [1.807, 2.05) is 24.9 Å². The highest BCUT2D eigenvalue weighted by Gasteiger charge is 2.27. The zero-order chi connectivity index (χ0) is 35.6. The molecule has 0 bridgehead atoms. The van der Waals surface area contributed by atoms with Gasteiger partial charge in [0.05, 0.1) is 25.4 Å². The van der Waals surface area contributed by atoms with Gasteiger partial charge in [0.25, 0.3) is 0 Å². The molecule has 0 rings (SSSR count). The summed E-state index contributed by atoms with van der Waals surface area (Å²) in [5, 5.41) is 13.7. The zero-order valence-corrected chi connectivity index (χ0v) is 32.8. The largest absolute Gasteiger partial charge is 0.472 e. The second-order valence-corrected chi connectivity index (χ2v) is 15.4. The van der Waals surface area contributed by atoms with Crippen molar-refractivity contribution in [2.75, 3.05) is 33.4 Å². The van der Waals surface area contributed by atoms with Crippen LogP contribution in [-0.4, -0.2) is 66.3 Å². The van der Waals surface area contributed by atoms with Crippen molar-refractivity contribution in [1.29, 1.82) is 0 Å². The van der Waals surface area contributed by atoms with E-state index in [0.29, 0.717) is 13.0 Å². The summed E-state index contributed by atoms with van der Waals surface area (Å²) in [6, 6.07) is -0.838. The molecule has 3 N–H and O–H groups in total. The average Bonchev–Trinajstić information content (AvgIpc) is 3.06. The molecule has 48 heavy (non-hydrogen) atoms. The van der Waals surface area contributed by atoms with E-state index in [9.17, 15) is 19.4 Å². The van der Waals surface area contributed by atoms with Crippen LogP contribution in [0.25, 0.3) is 0 Å². The van der Waals surface area contributed by atoms with Crippen LogP contribution in [0.3, 0.4) is 0 Å². The lowest BCUT2D eigenvalue weighted by atomic mass is 10.0. The number of allylic oxidation sites excluding steroid dienone is 1. The first kappa shape index (κ1) is 47.2. The predicted molar refractivity (Wildman–Crippen MR) is 203 cm³/mol. The minimum absolute atomic E-state index is 0.0512. The third kappa shape index (κ3) is 32.4. The number of aliphatic hydroxyl groups excluding tert-OH is 1. The molecule has 0 aromatic rings. The molecule has 0 aromatic heterocycles. The Morgan fingerprint density at radius 3 is 1.60 bits per heavy atom. The number of phosphoric acid groups is 1. The van der Waals surface area contributed by atoms with Gasteiger partial charge in [-0.3, -0.25) is 13.8 Å². The third-order valence-corrected chi connectivity index (χ3v) is 10.2. The van der Waals surface area contributed by atoms with Crippen LogP contribution in [0.15, 0.2) is 12.2 Å². The monoisotopic (exact) mass is 703 g/mol. The van der Waals surface area contributed by atoms with Gasteiger partial charge in [0.1, 0.15) is 0 Å². The van der Waals surface area contributed by atoms with Gasteiger partial charge in [0.15, 0.2) is 0 Å². The molecule has 0 spiro atoms. The van der Waals surface area contributed by atoms with Gasteiger partial charge < -0.3 is 20.2 Å². The number of nitrogens with zero attached hydrogens (tertiary/aromatic N) is 1. The summed E-state index contributed by atoms with van der Waals surface area (Å²) in [6.45, 7) is 7.53. The number of carbonyl (C=O) groups is 1. The fourth-order valence-electron chi connectivity index (χ4n) is 5.79. The number of carbonyl (C=O) groups excluding carboxylic acids is 1. The summed E-state index contributed by atoms with van der Waals surface area (Å²) in [7, 11) is -2.42. The van der Waals surface area contributed by atoms with E-state index >= 15 is 0 Å². The number of hydrogen-bond acceptors (Lipinski definition) is 6. The molecule has 0 fully saturated rings. The summed E-state index contributed by atoms with van der Waals surface area (Å²) >= 11 is 0. The minimum Gasteiger partial charge on any atom is -0.387 e. The number of unbranched alkanes of at least 4 members (excludes halogenated alkanes) is 23. The minimum atomic E-state index is -4.32. The van der Waals surface area contributed by atoms with Gasteiger partial charge in [-0.25, -0.2) is 4.57 Å². The van der Waals surface area contributed by atoms with Crippen molar-refractivity contribution < 1.29 is 28.4 Å². The SMILES string of the molecule is CCCCCCCCCCCCC/C=C/[C@@H](O)[C@H](COP(=O)(O)OCCN(C)CC)NC(=O)CCCCCCCCCCCCCCC. The van der Waals surface area contributed by atoms with Crippen molar-refractivity contribution in [3.05, 3.63) is 12.2 Å². The molecule has 286 valence electrons. The molecule has 0 radical (unpaired) electrons. The third-order valence-electron chi connectivity index (χ3n) is 9.26. The van der Waals surface area contributed by atoms with Crippen molar-refractivity contribution in [3.8, 4) is 0 Å². The highest BCUT2D eigenvalue weighted by atomic mass is 31.2. The van der Waals surface area contributed by atoms with Crippen LogP contribution in [0, 0.1) is 0 Å². The molecule has 3 atom stereocenters. The molecule has 0 aliphatic carbocycles. The molecule has 0 saturated heterocycles. The first-order chi connectivity index (χ1) is 23.3.